The summed E-state index contributed by atoms with van der Waals surface area (Å²) < 4.78 is 38.4. The third-order valence-corrected chi connectivity index (χ3v) is 5.80. The van der Waals surface area contributed by atoms with E-state index in [1.54, 1.807) is 6.07 Å². The Morgan fingerprint density at radius 2 is 1.97 bits per heavy atom. The normalized spacial score (nSPS) is 16.4. The lowest BCUT2D eigenvalue weighted by atomic mass is 9.94. The second-order valence-electron chi connectivity index (χ2n) is 7.31. The molecule has 2 aromatic rings. The Labute approximate surface area is 183 Å². The summed E-state index contributed by atoms with van der Waals surface area (Å²) in [6.45, 7) is 2.97. The molecule has 30 heavy (non-hydrogen) atoms. The fourth-order valence-corrected chi connectivity index (χ4v) is 4.09. The molecule has 1 aliphatic heterocycles. The van der Waals surface area contributed by atoms with Gasteiger partial charge in [0.1, 0.15) is 5.82 Å². The summed E-state index contributed by atoms with van der Waals surface area (Å²) in [5.41, 5.74) is 0.0775. The first kappa shape index (κ1) is 22.7. The molecule has 0 spiro atoms. The predicted molar refractivity (Wildman–Crippen MR) is 112 cm³/mol. The molecular formula is C21H22Cl2F3N3O. The van der Waals surface area contributed by atoms with Gasteiger partial charge < -0.3 is 10.2 Å². The standard InChI is InChI=1S/C21H22Cl2F3N3O/c1-2-18(14-4-3-5-16(22)10-14)28-20(30)13-6-8-29(9-7-13)19-17(23)11-15(12-27-19)21(24,25)26/h3-5,10-13,18H,2,6-9H2,1H3,(H,28,30). The Morgan fingerprint density at radius 1 is 1.27 bits per heavy atom. The molecule has 162 valence electrons. The van der Waals surface area contributed by atoms with Gasteiger partial charge in [-0.1, -0.05) is 42.3 Å². The molecule has 2 heterocycles. The summed E-state index contributed by atoms with van der Waals surface area (Å²) >= 11 is 12.1. The summed E-state index contributed by atoms with van der Waals surface area (Å²) in [5.74, 6) is 0.101. The van der Waals surface area contributed by atoms with E-state index < -0.39 is 11.7 Å². The molecule has 0 saturated carbocycles. The molecule has 1 N–H and O–H groups in total. The summed E-state index contributed by atoms with van der Waals surface area (Å²) in [6.07, 6.45) is -1.83. The van der Waals surface area contributed by atoms with Gasteiger partial charge in [-0.05, 0) is 43.0 Å². The minimum atomic E-state index is -4.49. The molecule has 0 radical (unpaired) electrons. The van der Waals surface area contributed by atoms with Gasteiger partial charge in [-0.3, -0.25) is 4.79 Å². The van der Waals surface area contributed by atoms with Crippen LogP contribution >= 0.6 is 23.2 Å². The van der Waals surface area contributed by atoms with E-state index in [1.165, 1.54) is 0 Å². The predicted octanol–water partition coefficient (Wildman–Crippen LogP) is 5.89. The van der Waals surface area contributed by atoms with Crippen LogP contribution in [0.15, 0.2) is 36.5 Å². The van der Waals surface area contributed by atoms with E-state index in [4.69, 9.17) is 23.2 Å². The average molecular weight is 460 g/mol. The molecule has 0 bridgehead atoms. The van der Waals surface area contributed by atoms with Gasteiger partial charge in [-0.15, -0.1) is 0 Å². The van der Waals surface area contributed by atoms with Crippen LogP contribution in [0.5, 0.6) is 0 Å². The molecule has 3 rings (SSSR count). The maximum atomic E-state index is 12.8. The summed E-state index contributed by atoms with van der Waals surface area (Å²) in [4.78, 5) is 18.5. The molecular weight excluding hydrogens is 438 g/mol. The van der Waals surface area contributed by atoms with E-state index in [1.807, 2.05) is 30.0 Å². The van der Waals surface area contributed by atoms with Gasteiger partial charge in [0.2, 0.25) is 5.91 Å². The SMILES string of the molecule is CCC(NC(=O)C1CCN(c2ncc(C(F)(F)F)cc2Cl)CC1)c1cccc(Cl)c1. The van der Waals surface area contributed by atoms with Crippen molar-refractivity contribution in [1.82, 2.24) is 10.3 Å². The molecule has 1 aromatic heterocycles. The largest absolute Gasteiger partial charge is 0.417 e. The smallest absolute Gasteiger partial charge is 0.355 e. The number of benzene rings is 1. The second kappa shape index (κ2) is 9.43. The Hall–Kier alpha value is -1.99. The molecule has 1 fully saturated rings. The fourth-order valence-electron chi connectivity index (χ4n) is 3.61. The lowest BCUT2D eigenvalue weighted by Gasteiger charge is -2.33. The molecule has 1 amide bonds. The highest BCUT2D eigenvalue weighted by molar-refractivity contribution is 6.33. The van der Waals surface area contributed by atoms with E-state index >= 15 is 0 Å². The summed E-state index contributed by atoms with van der Waals surface area (Å²) in [6, 6.07) is 8.18. The van der Waals surface area contributed by atoms with E-state index in [2.05, 4.69) is 10.3 Å². The van der Waals surface area contributed by atoms with Crippen LogP contribution in [0.3, 0.4) is 0 Å². The quantitative estimate of drug-likeness (QED) is 0.605. The van der Waals surface area contributed by atoms with Gasteiger partial charge in [0, 0.05) is 30.2 Å². The monoisotopic (exact) mass is 459 g/mol. The number of anilines is 1. The van der Waals surface area contributed by atoms with Gasteiger partial charge in [0.15, 0.2) is 0 Å². The zero-order chi connectivity index (χ0) is 21.9. The number of alkyl halides is 3. The number of nitrogens with one attached hydrogen (secondary N) is 1. The van der Waals surface area contributed by atoms with Crippen molar-refractivity contribution in [2.45, 2.75) is 38.4 Å². The molecule has 1 atom stereocenters. The third-order valence-electron chi connectivity index (χ3n) is 5.29. The van der Waals surface area contributed by atoms with Crippen LogP contribution in [-0.4, -0.2) is 24.0 Å². The van der Waals surface area contributed by atoms with Crippen molar-refractivity contribution in [1.29, 1.82) is 0 Å². The first-order valence-corrected chi connectivity index (χ1v) is 10.5. The molecule has 0 aliphatic carbocycles. The number of carbonyl (C=O) groups is 1. The van der Waals surface area contributed by atoms with Gasteiger partial charge in [0.25, 0.3) is 0 Å². The van der Waals surface area contributed by atoms with Crippen molar-refractivity contribution in [3.05, 3.63) is 57.7 Å². The number of piperidine rings is 1. The van der Waals surface area contributed by atoms with Crippen molar-refractivity contribution in [3.8, 4) is 0 Å². The zero-order valence-electron chi connectivity index (χ0n) is 16.3. The zero-order valence-corrected chi connectivity index (χ0v) is 17.9. The summed E-state index contributed by atoms with van der Waals surface area (Å²) in [5, 5.41) is 3.67. The minimum Gasteiger partial charge on any atom is -0.355 e. The number of hydrogen-bond acceptors (Lipinski definition) is 3. The fraction of sp³-hybridized carbons (Fsp3) is 0.429. The first-order chi connectivity index (χ1) is 14.2. The van der Waals surface area contributed by atoms with Gasteiger partial charge in [-0.25, -0.2) is 4.98 Å². The van der Waals surface area contributed by atoms with E-state index in [9.17, 15) is 18.0 Å². The molecule has 9 heteroatoms. The van der Waals surface area contributed by atoms with Crippen LogP contribution < -0.4 is 10.2 Å². The minimum absolute atomic E-state index is 0.0343. The number of amides is 1. The molecule has 4 nitrogen and oxygen atoms in total. The van der Waals surface area contributed by atoms with Crippen LogP contribution in [0.1, 0.15) is 43.4 Å². The number of pyridine rings is 1. The third kappa shape index (κ3) is 5.38. The maximum Gasteiger partial charge on any atom is 0.417 e. The Balaban J connectivity index is 1.60. The average Bonchev–Trinajstić information content (AvgIpc) is 2.71. The van der Waals surface area contributed by atoms with Crippen molar-refractivity contribution in [3.63, 3.8) is 0 Å². The lowest BCUT2D eigenvalue weighted by Crippen LogP contribution is -2.42. The van der Waals surface area contributed by atoms with E-state index in [-0.39, 0.29) is 22.9 Å². The molecule has 1 aliphatic rings. The number of carbonyl (C=O) groups excluding carboxylic acids is 1. The number of aromatic nitrogens is 1. The topological polar surface area (TPSA) is 45.2 Å². The Kier molecular flexibility index (Phi) is 7.14. The van der Waals surface area contributed by atoms with Crippen molar-refractivity contribution >= 4 is 34.9 Å². The first-order valence-electron chi connectivity index (χ1n) is 9.72. The molecule has 1 aromatic carbocycles. The van der Waals surface area contributed by atoms with E-state index in [0.29, 0.717) is 36.8 Å². The number of hydrogen-bond donors (Lipinski definition) is 1. The van der Waals surface area contributed by atoms with Crippen molar-refractivity contribution in [2.75, 3.05) is 18.0 Å². The highest BCUT2D eigenvalue weighted by Gasteiger charge is 2.33. The molecule has 1 saturated heterocycles. The summed E-state index contributed by atoms with van der Waals surface area (Å²) in [7, 11) is 0. The van der Waals surface area contributed by atoms with Gasteiger partial charge in [0.05, 0.1) is 16.6 Å². The molecule has 1 unspecified atom stereocenters. The van der Waals surface area contributed by atoms with Gasteiger partial charge >= 0.3 is 6.18 Å². The Bertz CT molecular complexity index is 899. The number of nitrogens with zero attached hydrogens (tertiary/aromatic N) is 2. The van der Waals surface area contributed by atoms with Crippen molar-refractivity contribution < 1.29 is 18.0 Å². The van der Waals surface area contributed by atoms with Crippen LogP contribution in [-0.2, 0) is 11.0 Å². The van der Waals surface area contributed by atoms with Crippen LogP contribution in [0.4, 0.5) is 19.0 Å². The van der Waals surface area contributed by atoms with Gasteiger partial charge in [-0.2, -0.15) is 13.2 Å². The lowest BCUT2D eigenvalue weighted by molar-refractivity contribution is -0.137. The highest BCUT2D eigenvalue weighted by Crippen LogP contribution is 2.34. The Morgan fingerprint density at radius 3 is 2.53 bits per heavy atom. The van der Waals surface area contributed by atoms with Crippen molar-refractivity contribution in [2.24, 2.45) is 5.92 Å². The number of halogens is 5. The van der Waals surface area contributed by atoms with Crippen LogP contribution in [0.25, 0.3) is 0 Å². The maximum absolute atomic E-state index is 12.8. The van der Waals surface area contributed by atoms with Crippen LogP contribution in [0, 0.1) is 5.92 Å². The second-order valence-corrected chi connectivity index (χ2v) is 8.16. The van der Waals surface area contributed by atoms with E-state index in [0.717, 1.165) is 24.2 Å². The highest BCUT2D eigenvalue weighted by atomic mass is 35.5. The van der Waals surface area contributed by atoms with Crippen LogP contribution in [0.2, 0.25) is 10.0 Å². The number of rotatable bonds is 5.